The predicted molar refractivity (Wildman–Crippen MR) is 88.8 cm³/mol. The molecule has 0 radical (unpaired) electrons. The van der Waals surface area contributed by atoms with E-state index in [1.165, 1.54) is 16.7 Å². The molecule has 1 aromatic carbocycles. The van der Waals surface area contributed by atoms with Gasteiger partial charge in [0.15, 0.2) is 0 Å². The molecule has 22 heavy (non-hydrogen) atoms. The van der Waals surface area contributed by atoms with Crippen LogP contribution < -0.4 is 5.32 Å². The van der Waals surface area contributed by atoms with E-state index in [2.05, 4.69) is 19.2 Å². The van der Waals surface area contributed by atoms with Gasteiger partial charge in [0, 0.05) is 11.6 Å². The fourth-order valence-corrected chi connectivity index (χ4v) is 2.95. The van der Waals surface area contributed by atoms with Gasteiger partial charge in [-0.2, -0.15) is 0 Å². The average molecular weight is 303 g/mol. The zero-order valence-electron chi connectivity index (χ0n) is 14.0. The largest absolute Gasteiger partial charge is 0.444 e. The molecule has 1 aliphatic carbocycles. The van der Waals surface area contributed by atoms with Crippen molar-refractivity contribution in [2.24, 2.45) is 5.92 Å². The van der Waals surface area contributed by atoms with E-state index in [-0.39, 0.29) is 12.5 Å². The molecule has 1 atom stereocenters. The van der Waals surface area contributed by atoms with E-state index in [0.29, 0.717) is 0 Å². The fraction of sp³-hybridized carbons (Fsp3) is 0.500. The molecule has 0 bridgehead atoms. The van der Waals surface area contributed by atoms with Gasteiger partial charge in [0.1, 0.15) is 5.60 Å². The number of amides is 1. The quantitative estimate of drug-likeness (QED) is 0.868. The van der Waals surface area contributed by atoms with Crippen LogP contribution in [0, 0.1) is 5.92 Å². The molecule has 0 saturated carbocycles. The molecule has 1 aliphatic rings. The SMILES string of the molecule is CC(C)=C1c2ccc(NC(=O)OC(C)(C)C)cc2CC1CO. The number of carbonyl (C=O) groups excluding carboxylic acids is 1. The van der Waals surface area contributed by atoms with Gasteiger partial charge in [-0.15, -0.1) is 0 Å². The van der Waals surface area contributed by atoms with Crippen LogP contribution in [0.1, 0.15) is 45.7 Å². The van der Waals surface area contributed by atoms with Crippen molar-refractivity contribution in [2.75, 3.05) is 11.9 Å². The minimum Gasteiger partial charge on any atom is -0.444 e. The number of hydrogen-bond donors (Lipinski definition) is 2. The van der Waals surface area contributed by atoms with Crippen LogP contribution in [0.3, 0.4) is 0 Å². The number of nitrogens with one attached hydrogen (secondary N) is 1. The first-order valence-electron chi connectivity index (χ1n) is 7.63. The van der Waals surface area contributed by atoms with Crippen molar-refractivity contribution in [1.82, 2.24) is 0 Å². The number of anilines is 1. The van der Waals surface area contributed by atoms with Crippen LogP contribution >= 0.6 is 0 Å². The smallest absolute Gasteiger partial charge is 0.412 e. The standard InChI is InChI=1S/C18H25NO3/c1-11(2)16-13(10-20)8-12-9-14(6-7-15(12)16)19-17(21)22-18(3,4)5/h6-7,9,13,20H,8,10H2,1-5H3,(H,19,21). The van der Waals surface area contributed by atoms with E-state index >= 15 is 0 Å². The molecule has 0 aromatic heterocycles. The highest BCUT2D eigenvalue weighted by atomic mass is 16.6. The number of aliphatic hydroxyl groups is 1. The molecule has 2 N–H and O–H groups in total. The lowest BCUT2D eigenvalue weighted by molar-refractivity contribution is 0.0636. The highest BCUT2D eigenvalue weighted by Crippen LogP contribution is 2.40. The van der Waals surface area contributed by atoms with Gasteiger partial charge in [-0.3, -0.25) is 5.32 Å². The lowest BCUT2D eigenvalue weighted by Crippen LogP contribution is -2.27. The third kappa shape index (κ3) is 3.69. The van der Waals surface area contributed by atoms with Crippen molar-refractivity contribution in [3.05, 3.63) is 34.9 Å². The van der Waals surface area contributed by atoms with Crippen molar-refractivity contribution in [1.29, 1.82) is 0 Å². The van der Waals surface area contributed by atoms with Gasteiger partial charge in [-0.05, 0) is 69.9 Å². The summed E-state index contributed by atoms with van der Waals surface area (Å²) in [5.74, 6) is 0.150. The fourth-order valence-electron chi connectivity index (χ4n) is 2.95. The summed E-state index contributed by atoms with van der Waals surface area (Å²) in [6, 6.07) is 5.86. The first-order chi connectivity index (χ1) is 10.2. The summed E-state index contributed by atoms with van der Waals surface area (Å²) in [5, 5.41) is 12.3. The molecule has 1 unspecified atom stereocenters. The van der Waals surface area contributed by atoms with Gasteiger partial charge in [-0.1, -0.05) is 11.6 Å². The molecule has 0 heterocycles. The average Bonchev–Trinajstić information content (AvgIpc) is 2.73. The number of aliphatic hydroxyl groups excluding tert-OH is 1. The van der Waals surface area contributed by atoms with Crippen molar-refractivity contribution in [2.45, 2.75) is 46.6 Å². The number of fused-ring (bicyclic) bond motifs is 1. The van der Waals surface area contributed by atoms with Crippen molar-refractivity contribution < 1.29 is 14.6 Å². The van der Waals surface area contributed by atoms with E-state index in [1.54, 1.807) is 0 Å². The van der Waals surface area contributed by atoms with Crippen LogP contribution in [0.5, 0.6) is 0 Å². The number of benzene rings is 1. The van der Waals surface area contributed by atoms with Crippen LogP contribution in [0.25, 0.3) is 5.57 Å². The lowest BCUT2D eigenvalue weighted by Gasteiger charge is -2.19. The third-order valence-corrected chi connectivity index (χ3v) is 3.67. The number of rotatable bonds is 2. The summed E-state index contributed by atoms with van der Waals surface area (Å²) in [7, 11) is 0. The molecule has 0 aliphatic heterocycles. The lowest BCUT2D eigenvalue weighted by atomic mass is 9.96. The maximum atomic E-state index is 11.8. The maximum absolute atomic E-state index is 11.8. The van der Waals surface area contributed by atoms with E-state index < -0.39 is 11.7 Å². The molecule has 2 rings (SSSR count). The Hall–Kier alpha value is -1.81. The van der Waals surface area contributed by atoms with Crippen LogP contribution in [0.15, 0.2) is 23.8 Å². The first kappa shape index (κ1) is 16.6. The summed E-state index contributed by atoms with van der Waals surface area (Å²) in [4.78, 5) is 11.8. The number of ether oxygens (including phenoxy) is 1. The van der Waals surface area contributed by atoms with E-state index in [9.17, 15) is 9.90 Å². The van der Waals surface area contributed by atoms with Crippen LogP contribution in [0.2, 0.25) is 0 Å². The number of carbonyl (C=O) groups is 1. The topological polar surface area (TPSA) is 58.6 Å². The Bertz CT molecular complexity index is 607. The zero-order chi connectivity index (χ0) is 16.5. The van der Waals surface area contributed by atoms with E-state index in [0.717, 1.165) is 17.7 Å². The minimum atomic E-state index is -0.516. The second-order valence-corrected chi connectivity index (χ2v) is 7.00. The van der Waals surface area contributed by atoms with Gasteiger partial charge in [0.05, 0.1) is 6.61 Å². The minimum absolute atomic E-state index is 0.143. The Morgan fingerprint density at radius 1 is 1.36 bits per heavy atom. The molecule has 4 heteroatoms. The van der Waals surface area contributed by atoms with Crippen LogP contribution in [0.4, 0.5) is 10.5 Å². The first-order valence-corrected chi connectivity index (χ1v) is 7.63. The molecule has 1 aromatic rings. The molecular weight excluding hydrogens is 278 g/mol. The summed E-state index contributed by atoms with van der Waals surface area (Å²) >= 11 is 0. The number of hydrogen-bond acceptors (Lipinski definition) is 3. The Morgan fingerprint density at radius 3 is 2.59 bits per heavy atom. The predicted octanol–water partition coefficient (Wildman–Crippen LogP) is 3.99. The molecule has 0 spiro atoms. The van der Waals surface area contributed by atoms with Gasteiger partial charge in [-0.25, -0.2) is 4.79 Å². The van der Waals surface area contributed by atoms with Crippen molar-refractivity contribution >= 4 is 17.4 Å². The van der Waals surface area contributed by atoms with Crippen LogP contribution in [-0.4, -0.2) is 23.4 Å². The second kappa shape index (κ2) is 6.13. The Balaban J connectivity index is 2.21. The third-order valence-electron chi connectivity index (χ3n) is 3.67. The maximum Gasteiger partial charge on any atom is 0.412 e. The molecule has 1 amide bonds. The van der Waals surface area contributed by atoms with Crippen molar-refractivity contribution in [3.8, 4) is 0 Å². The summed E-state index contributed by atoms with van der Waals surface area (Å²) in [6.45, 7) is 9.79. The number of allylic oxidation sites excluding steroid dienone is 1. The highest BCUT2D eigenvalue weighted by Gasteiger charge is 2.27. The normalized spacial score (nSPS) is 17.2. The Morgan fingerprint density at radius 2 is 2.05 bits per heavy atom. The molecule has 4 nitrogen and oxygen atoms in total. The monoisotopic (exact) mass is 303 g/mol. The summed E-state index contributed by atoms with van der Waals surface area (Å²) in [5.41, 5.74) is 4.99. The Labute approximate surface area is 132 Å². The molecule has 0 fully saturated rings. The van der Waals surface area contributed by atoms with Gasteiger partial charge in [0.25, 0.3) is 0 Å². The Kier molecular flexibility index (Phi) is 4.61. The van der Waals surface area contributed by atoms with Crippen molar-refractivity contribution in [3.63, 3.8) is 0 Å². The van der Waals surface area contributed by atoms with Crippen LogP contribution in [-0.2, 0) is 11.2 Å². The van der Waals surface area contributed by atoms with E-state index in [4.69, 9.17) is 4.74 Å². The summed E-state index contributed by atoms with van der Waals surface area (Å²) in [6.07, 6.45) is 0.350. The molecule has 120 valence electrons. The zero-order valence-corrected chi connectivity index (χ0v) is 14.0. The highest BCUT2D eigenvalue weighted by molar-refractivity contribution is 5.86. The second-order valence-electron chi connectivity index (χ2n) is 7.00. The van der Waals surface area contributed by atoms with Gasteiger partial charge in [0.2, 0.25) is 0 Å². The van der Waals surface area contributed by atoms with E-state index in [1.807, 2.05) is 39.0 Å². The van der Waals surface area contributed by atoms with Gasteiger partial charge >= 0.3 is 6.09 Å². The summed E-state index contributed by atoms with van der Waals surface area (Å²) < 4.78 is 5.26. The molecular formula is C18H25NO3. The molecule has 0 saturated heterocycles. The van der Waals surface area contributed by atoms with Gasteiger partial charge < -0.3 is 9.84 Å².